The van der Waals surface area contributed by atoms with Gasteiger partial charge in [0.05, 0.1) is 46.4 Å². The number of unbranched alkanes of at least 4 members (excludes halogenated alkanes) is 18. The molecule has 3 aromatic heterocycles. The summed E-state index contributed by atoms with van der Waals surface area (Å²) in [6, 6.07) is 17.1. The van der Waals surface area contributed by atoms with Crippen LogP contribution in [0.5, 0.6) is 0 Å². The van der Waals surface area contributed by atoms with Crippen molar-refractivity contribution in [2.45, 2.75) is 167 Å². The third-order valence-electron chi connectivity index (χ3n) is 12.7. The van der Waals surface area contributed by atoms with E-state index in [2.05, 4.69) is 23.3 Å². The molecule has 2 N–H and O–H groups in total. The van der Waals surface area contributed by atoms with E-state index in [1.54, 1.807) is 24.3 Å². The van der Waals surface area contributed by atoms with Crippen molar-refractivity contribution < 1.29 is 26.3 Å². The topological polar surface area (TPSA) is 49.8 Å². The van der Waals surface area contributed by atoms with Crippen molar-refractivity contribution >= 4 is 68.9 Å². The Kier molecular flexibility index (Phi) is 18.4. The zero-order chi connectivity index (χ0) is 46.5. The molecule has 0 aliphatic carbocycles. The molecule has 66 heavy (non-hydrogen) atoms. The summed E-state index contributed by atoms with van der Waals surface area (Å²) < 4.78 is 103. The number of nitrogens with one attached hydrogen (secondary N) is 2. The van der Waals surface area contributed by atoms with Crippen LogP contribution in [0.1, 0.15) is 165 Å². The van der Waals surface area contributed by atoms with Gasteiger partial charge in [0.2, 0.25) is 0 Å². The van der Waals surface area contributed by atoms with Gasteiger partial charge in [0.25, 0.3) is 0 Å². The SMILES string of the molecule is CCCCCCCCCCCCc1ccc(-c2ccc(-c3c4c(c(-c5ccc(-c6ccc(CCCCCCCCCCCC)c(C(F)(F)F)c6)s5)c5nsnc35)NSN4)s2)cc1C(F)(F)F. The summed E-state index contributed by atoms with van der Waals surface area (Å²) in [5.41, 5.74) is 4.99. The fourth-order valence-electron chi connectivity index (χ4n) is 9.10. The van der Waals surface area contributed by atoms with Crippen molar-refractivity contribution in [1.82, 2.24) is 8.75 Å². The van der Waals surface area contributed by atoms with Crippen LogP contribution in [0.25, 0.3) is 52.8 Å². The number of anilines is 2. The summed E-state index contributed by atoms with van der Waals surface area (Å²) in [6.45, 7) is 4.42. The molecule has 6 aromatic rings. The molecular formula is C52H62F6N4S4. The monoisotopic (exact) mass is 984 g/mol. The fourth-order valence-corrected chi connectivity index (χ4v) is 12.4. The molecule has 0 radical (unpaired) electrons. The lowest BCUT2D eigenvalue weighted by atomic mass is 9.97. The van der Waals surface area contributed by atoms with Gasteiger partial charge in [-0.05, 0) is 84.3 Å². The van der Waals surface area contributed by atoms with E-state index in [0.717, 1.165) is 95.4 Å². The highest BCUT2D eigenvalue weighted by Crippen LogP contribution is 2.55. The first-order chi connectivity index (χ1) is 32.0. The van der Waals surface area contributed by atoms with E-state index in [1.165, 1.54) is 124 Å². The zero-order valence-electron chi connectivity index (χ0n) is 38.1. The Morgan fingerprint density at radius 3 is 1.15 bits per heavy atom. The van der Waals surface area contributed by atoms with Crippen molar-refractivity contribution in [3.05, 3.63) is 82.9 Å². The van der Waals surface area contributed by atoms with Crippen molar-refractivity contribution in [3.8, 4) is 41.8 Å². The Morgan fingerprint density at radius 1 is 0.439 bits per heavy atom. The molecule has 0 bridgehead atoms. The minimum Gasteiger partial charge on any atom is -0.309 e. The van der Waals surface area contributed by atoms with Gasteiger partial charge >= 0.3 is 12.4 Å². The van der Waals surface area contributed by atoms with Gasteiger partial charge in [0.15, 0.2) is 0 Å². The summed E-state index contributed by atoms with van der Waals surface area (Å²) in [6.07, 6.45) is 14.5. The van der Waals surface area contributed by atoms with Gasteiger partial charge in [-0.15, -0.1) is 22.7 Å². The van der Waals surface area contributed by atoms with Crippen LogP contribution in [0.15, 0.2) is 60.7 Å². The van der Waals surface area contributed by atoms with Crippen molar-refractivity contribution in [3.63, 3.8) is 0 Å². The number of aromatic nitrogens is 2. The molecule has 1 aliphatic heterocycles. The smallest absolute Gasteiger partial charge is 0.309 e. The number of benzene rings is 3. The van der Waals surface area contributed by atoms with Crippen LogP contribution >= 0.6 is 46.5 Å². The van der Waals surface area contributed by atoms with Gasteiger partial charge in [-0.3, -0.25) is 0 Å². The maximum absolute atomic E-state index is 14.5. The highest BCUT2D eigenvalue weighted by molar-refractivity contribution is 8.02. The molecule has 356 valence electrons. The molecule has 3 aromatic carbocycles. The first-order valence-electron chi connectivity index (χ1n) is 24.1. The average molecular weight is 985 g/mol. The molecule has 0 unspecified atom stereocenters. The van der Waals surface area contributed by atoms with E-state index >= 15 is 0 Å². The van der Waals surface area contributed by atoms with Crippen molar-refractivity contribution in [2.75, 3.05) is 9.44 Å². The standard InChI is InChI=1S/C52H62F6N4S4/c1-3-5-7-9-11-13-15-17-19-21-23-35-25-27-37(33-39(35)51(53,54)55)41-29-31-43(63-41)45-47-49(61-65-59-47)46(50-48(45)60-66-62-50)44-32-30-42(64-44)38-28-26-36(40(34-38)52(56,57)58)24-22-20-18-16-14-12-10-8-6-4-2/h25-34,59,61H,3-24H2,1-2H3. The van der Waals surface area contributed by atoms with Gasteiger partial charge in [0, 0.05) is 30.6 Å². The maximum Gasteiger partial charge on any atom is 0.416 e. The van der Waals surface area contributed by atoms with Gasteiger partial charge in [-0.25, -0.2) is 0 Å². The molecule has 0 saturated carbocycles. The van der Waals surface area contributed by atoms with E-state index in [0.29, 0.717) is 55.9 Å². The molecule has 14 heteroatoms. The number of thiophene rings is 2. The van der Waals surface area contributed by atoms with Crippen LogP contribution in [0.2, 0.25) is 0 Å². The number of fused-ring (bicyclic) bond motifs is 2. The van der Waals surface area contributed by atoms with Crippen molar-refractivity contribution in [2.24, 2.45) is 0 Å². The lowest BCUT2D eigenvalue weighted by Crippen LogP contribution is -2.09. The minimum atomic E-state index is -4.47. The number of hydrogen-bond acceptors (Lipinski definition) is 8. The Morgan fingerprint density at radius 2 is 0.788 bits per heavy atom. The highest BCUT2D eigenvalue weighted by Gasteiger charge is 2.35. The third kappa shape index (κ3) is 12.9. The Labute approximate surface area is 403 Å². The van der Waals surface area contributed by atoms with E-state index in [9.17, 15) is 26.3 Å². The highest BCUT2D eigenvalue weighted by atomic mass is 32.2. The first kappa shape index (κ1) is 50.3. The molecule has 0 spiro atoms. The maximum atomic E-state index is 14.5. The van der Waals surface area contributed by atoms with E-state index < -0.39 is 23.5 Å². The molecule has 7 rings (SSSR count). The summed E-state index contributed by atoms with van der Waals surface area (Å²) in [7, 11) is 0. The predicted octanol–water partition coefficient (Wildman–Crippen LogP) is 19.8. The minimum absolute atomic E-state index is 0.340. The lowest BCUT2D eigenvalue weighted by molar-refractivity contribution is -0.139. The van der Waals surface area contributed by atoms with Crippen LogP contribution in [0.3, 0.4) is 0 Å². The number of halogens is 6. The summed E-state index contributed by atoms with van der Waals surface area (Å²) in [5, 5.41) is 0. The van der Waals surface area contributed by atoms with Crippen LogP contribution in [0, 0.1) is 0 Å². The second-order valence-corrected chi connectivity index (χ2v) is 21.0. The lowest BCUT2D eigenvalue weighted by Gasteiger charge is -2.15. The predicted molar refractivity (Wildman–Crippen MR) is 271 cm³/mol. The summed E-state index contributed by atoms with van der Waals surface area (Å²) in [5.74, 6) is 0. The quantitative estimate of drug-likeness (QED) is 0.0322. The number of alkyl halides is 6. The number of aryl methyl sites for hydroxylation is 2. The third-order valence-corrected chi connectivity index (χ3v) is 16.2. The molecule has 0 saturated heterocycles. The molecule has 4 nitrogen and oxygen atoms in total. The van der Waals surface area contributed by atoms with Crippen LogP contribution < -0.4 is 9.44 Å². The van der Waals surface area contributed by atoms with E-state index in [1.807, 2.05) is 24.3 Å². The molecular weight excluding hydrogens is 923 g/mol. The Bertz CT molecular complexity index is 2300. The molecule has 0 atom stereocenters. The van der Waals surface area contributed by atoms with E-state index in [-0.39, 0.29) is 0 Å². The molecule has 1 aliphatic rings. The van der Waals surface area contributed by atoms with Crippen molar-refractivity contribution in [1.29, 1.82) is 0 Å². The van der Waals surface area contributed by atoms with E-state index in [4.69, 9.17) is 8.75 Å². The summed E-state index contributed by atoms with van der Waals surface area (Å²) in [4.78, 5) is 3.08. The fraction of sp³-hybridized carbons (Fsp3) is 0.500. The van der Waals surface area contributed by atoms with Gasteiger partial charge < -0.3 is 9.44 Å². The number of rotatable bonds is 26. The van der Waals surface area contributed by atoms with Crippen LogP contribution in [0.4, 0.5) is 37.7 Å². The average Bonchev–Trinajstić information content (AvgIpc) is 4.15. The van der Waals surface area contributed by atoms with Gasteiger partial charge in [0.1, 0.15) is 11.0 Å². The largest absolute Gasteiger partial charge is 0.416 e. The second-order valence-electron chi connectivity index (χ2n) is 17.7. The van der Waals surface area contributed by atoms with Crippen LogP contribution in [-0.4, -0.2) is 8.75 Å². The normalized spacial score (nSPS) is 12.8. The summed E-state index contributed by atoms with van der Waals surface area (Å²) >= 11 is 5.17. The first-order valence-corrected chi connectivity index (χ1v) is 27.3. The number of nitrogens with zero attached hydrogens (tertiary/aromatic N) is 2. The zero-order valence-corrected chi connectivity index (χ0v) is 41.4. The van der Waals surface area contributed by atoms with Gasteiger partial charge in [-0.1, -0.05) is 154 Å². The molecule has 4 heterocycles. The molecule has 0 fully saturated rings. The van der Waals surface area contributed by atoms with Gasteiger partial charge in [-0.2, -0.15) is 35.1 Å². The van der Waals surface area contributed by atoms with Crippen LogP contribution in [-0.2, 0) is 25.2 Å². The number of hydrogen-bond donors (Lipinski definition) is 2. The Hall–Kier alpha value is -3.59. The molecule has 0 amide bonds. The Balaban J connectivity index is 1.06. The second kappa shape index (κ2) is 24.1.